The number of hydrogen-bond acceptors (Lipinski definition) is 22. The Bertz CT molecular complexity index is 3380. The monoisotopic (exact) mass is 1320 g/mol. The Balaban J connectivity index is 0.00000138. The molecule has 74 heavy (non-hydrogen) atoms. The van der Waals surface area contributed by atoms with Gasteiger partial charge in [0.05, 0.1) is 44.1 Å². The summed E-state index contributed by atoms with van der Waals surface area (Å²) in [6.07, 6.45) is 1.12. The molecule has 0 unspecified atom stereocenters. The number of nitrogens with one attached hydrogen (secondary N) is 1. The Labute approximate surface area is 455 Å². The first-order chi connectivity index (χ1) is 35.1. The summed E-state index contributed by atoms with van der Waals surface area (Å²) in [5.41, 5.74) is 4.85. The van der Waals surface area contributed by atoms with Gasteiger partial charge in [0.2, 0.25) is 5.95 Å². The maximum atomic E-state index is 12.0. The van der Waals surface area contributed by atoms with Crippen molar-refractivity contribution in [2.24, 2.45) is 20.5 Å². The van der Waals surface area contributed by atoms with Gasteiger partial charge >= 0.3 is 21.2 Å². The predicted octanol–water partition coefficient (Wildman–Crippen LogP) is 7.89. The summed E-state index contributed by atoms with van der Waals surface area (Å²) in [6, 6.07) is 28.0. The summed E-state index contributed by atoms with van der Waals surface area (Å²) >= 11 is 4.28. The van der Waals surface area contributed by atoms with Gasteiger partial charge in [-0.1, -0.05) is 49.4 Å². The molecule has 0 aliphatic carbocycles. The van der Waals surface area contributed by atoms with E-state index in [1.165, 1.54) is 19.2 Å². The van der Waals surface area contributed by atoms with Crippen LogP contribution in [0, 0.1) is 7.14 Å². The Kier molecular flexibility index (Phi) is 24.4. The molecule has 4 N–H and O–H groups in total. The smallest absolute Gasteiger partial charge is 0.425 e. The van der Waals surface area contributed by atoms with Crippen molar-refractivity contribution in [1.29, 1.82) is 0 Å². The highest BCUT2D eigenvalue weighted by Gasteiger charge is 2.20. The van der Waals surface area contributed by atoms with Gasteiger partial charge in [-0.05, 0) is 112 Å². The molecule has 0 saturated heterocycles. The van der Waals surface area contributed by atoms with Crippen LogP contribution < -0.4 is 19.5 Å². The first-order valence-electron chi connectivity index (χ1n) is 21.2. The van der Waals surface area contributed by atoms with Gasteiger partial charge in [-0.25, -0.2) is 4.98 Å². The minimum absolute atomic E-state index is 0.0199. The Hall–Kier alpha value is -6.01. The number of methoxy groups -OCH3 is 1. The normalized spacial score (nSPS) is 11.3. The lowest BCUT2D eigenvalue weighted by molar-refractivity contribution is 0.282. The predicted molar refractivity (Wildman–Crippen MR) is 283 cm³/mol. The molecule has 394 valence electrons. The van der Waals surface area contributed by atoms with Crippen LogP contribution >= 0.6 is 45.2 Å². The van der Waals surface area contributed by atoms with Crippen molar-refractivity contribution in [3.63, 3.8) is 0 Å². The number of benzene rings is 5. The third-order valence-electron chi connectivity index (χ3n) is 9.33. The highest BCUT2D eigenvalue weighted by atomic mass is 127. The Morgan fingerprint density at radius 3 is 1.64 bits per heavy atom. The highest BCUT2D eigenvalue weighted by molar-refractivity contribution is 14.1. The molecule has 0 atom stereocenters. The number of halogens is 2. The molecule has 0 amide bonds. The molecule has 24 nitrogen and oxygen atoms in total. The van der Waals surface area contributed by atoms with E-state index in [2.05, 4.69) is 71.0 Å². The number of nitrogens with zero attached hydrogens (tertiary/aromatic N) is 7. The minimum atomic E-state index is -4.64. The van der Waals surface area contributed by atoms with Crippen molar-refractivity contribution in [3.05, 3.63) is 138 Å². The van der Waals surface area contributed by atoms with Crippen molar-refractivity contribution in [3.8, 4) is 17.2 Å². The van der Waals surface area contributed by atoms with E-state index in [-0.39, 0.29) is 43.9 Å². The Morgan fingerprint density at radius 2 is 1.15 bits per heavy atom. The summed E-state index contributed by atoms with van der Waals surface area (Å²) < 4.78 is 136. The van der Waals surface area contributed by atoms with Crippen LogP contribution in [0.4, 0.5) is 28.7 Å². The average molecular weight is 1320 g/mol. The highest BCUT2D eigenvalue weighted by Crippen LogP contribution is 2.36. The number of rotatable bonds is 22. The maximum Gasteiger partial charge on any atom is 0.425 e. The van der Waals surface area contributed by atoms with E-state index in [0.717, 1.165) is 32.7 Å². The fraction of sp³-hybridized carbons (Fsp3) is 0.250. The second-order valence-electron chi connectivity index (χ2n) is 14.8. The van der Waals surface area contributed by atoms with Crippen LogP contribution in [0.5, 0.6) is 17.2 Å². The molecule has 0 spiro atoms. The van der Waals surface area contributed by atoms with Gasteiger partial charge in [-0.3, -0.25) is 9.11 Å². The van der Waals surface area contributed by atoms with Crippen LogP contribution in [0.3, 0.4) is 0 Å². The number of anilines is 1. The van der Waals surface area contributed by atoms with Gasteiger partial charge in [-0.15, -0.1) is 35.5 Å². The first-order valence-corrected chi connectivity index (χ1v) is 28.4. The van der Waals surface area contributed by atoms with E-state index in [9.17, 15) is 31.0 Å². The van der Waals surface area contributed by atoms with E-state index < -0.39 is 52.1 Å². The van der Waals surface area contributed by atoms with Crippen molar-refractivity contribution in [2.45, 2.75) is 50.7 Å². The zero-order valence-corrected chi connectivity index (χ0v) is 46.4. The first kappa shape index (κ1) is 60.5. The zero-order chi connectivity index (χ0) is 54.4. The van der Waals surface area contributed by atoms with Gasteiger partial charge in [0, 0.05) is 49.8 Å². The molecular formula is C44H44I2N8O16S4. The molecule has 0 aliphatic rings. The second kappa shape index (κ2) is 29.8. The van der Waals surface area contributed by atoms with Crippen LogP contribution in [0.15, 0.2) is 122 Å². The molecule has 0 saturated carbocycles. The average Bonchev–Trinajstić information content (AvgIpc) is 3.33. The molecule has 6 rings (SSSR count). The fourth-order valence-corrected chi connectivity index (χ4v) is 8.58. The lowest BCUT2D eigenvalue weighted by Crippen LogP contribution is -2.12. The molecule has 0 fully saturated rings. The molecule has 1 aromatic heterocycles. The number of aromatic nitrogens is 3. The second-order valence-corrected chi connectivity index (χ2v) is 20.9. The SMILES string of the molecule is CCCOc1cc(N=Nc2ccc(CO)cc2)c(I)cc1Cc1nc(Cc2cc(I)c(N=Nc3ccc(OC)c(S(=O)(=O)O)c3)cc2OCCCS(=O)(=O)O)nc(NCc2ccccc2)n1.O=S(=O)=O.O=S(=O)=O. The number of azo groups is 2. The van der Waals surface area contributed by atoms with Crippen molar-refractivity contribution in [1.82, 2.24) is 15.0 Å². The summed E-state index contributed by atoms with van der Waals surface area (Å²) in [5.74, 6) is 1.43. The van der Waals surface area contributed by atoms with Crippen LogP contribution in [-0.2, 0) is 67.4 Å². The van der Waals surface area contributed by atoms with Crippen LogP contribution in [0.2, 0.25) is 0 Å². The topological polar surface area (TPSA) is 359 Å². The van der Waals surface area contributed by atoms with E-state index in [1.54, 1.807) is 36.4 Å². The zero-order valence-electron chi connectivity index (χ0n) is 38.8. The van der Waals surface area contributed by atoms with E-state index >= 15 is 0 Å². The maximum absolute atomic E-state index is 12.0. The molecule has 0 aliphatic heterocycles. The molecular weight excluding hydrogens is 1280 g/mol. The number of aliphatic hydroxyl groups is 1. The van der Waals surface area contributed by atoms with Crippen LogP contribution in [0.1, 0.15) is 53.7 Å². The summed E-state index contributed by atoms with van der Waals surface area (Å²) in [4.78, 5) is 14.0. The third-order valence-corrected chi connectivity index (χ3v) is 12.7. The van der Waals surface area contributed by atoms with E-state index in [0.29, 0.717) is 68.4 Å². The summed E-state index contributed by atoms with van der Waals surface area (Å²) in [6.45, 7) is 2.73. The van der Waals surface area contributed by atoms with E-state index in [1.807, 2.05) is 49.4 Å². The molecule has 0 radical (unpaired) electrons. The quantitative estimate of drug-likeness (QED) is 0.0217. The van der Waals surface area contributed by atoms with Crippen molar-refractivity contribution >= 4 is 115 Å². The lowest BCUT2D eigenvalue weighted by Gasteiger charge is -2.15. The lowest BCUT2D eigenvalue weighted by atomic mass is 10.1. The Morgan fingerprint density at radius 1 is 0.635 bits per heavy atom. The minimum Gasteiger partial charge on any atom is -0.495 e. The third kappa shape index (κ3) is 21.5. The molecule has 1 heterocycles. The van der Waals surface area contributed by atoms with Gasteiger partial charge in [0.25, 0.3) is 20.2 Å². The summed E-state index contributed by atoms with van der Waals surface area (Å²) in [5, 5.41) is 30.2. The van der Waals surface area contributed by atoms with Gasteiger partial charge < -0.3 is 24.6 Å². The largest absolute Gasteiger partial charge is 0.495 e. The molecule has 0 bridgehead atoms. The summed E-state index contributed by atoms with van der Waals surface area (Å²) in [7, 11) is -13.8. The van der Waals surface area contributed by atoms with Crippen molar-refractivity contribution < 1.29 is 70.5 Å². The molecule has 6 aromatic rings. The molecule has 5 aromatic carbocycles. The van der Waals surface area contributed by atoms with Gasteiger partial charge in [0.1, 0.15) is 45.2 Å². The standard InChI is InChI=1S/C44H44I2N8O10S2.2O3S/c1-3-16-63-39-24-36(53-51-32-12-10-29(27-55)11-13-32)34(45)19-30(39)21-42-48-43(50-44(49-42)47-26-28-8-5-4-6-9-28)22-31-20-35(46)37(25-40(31)64-17-7-18-65(56,57)58)54-52-33-14-15-38(62-2)41(23-33)66(59,60)61;2*1-4(2)3/h4-6,8-15,19-20,23-25,55H,3,7,16-18,21-22,26-27H2,1-2H3,(H,56,57,58)(H,59,60,61)(H,47,48,49,50);;. The molecule has 30 heteroatoms. The van der Waals surface area contributed by atoms with Gasteiger partial charge in [0.15, 0.2) is 0 Å². The van der Waals surface area contributed by atoms with Crippen LogP contribution in [-0.4, -0.2) is 97.3 Å². The number of aliphatic hydroxyl groups excluding tert-OH is 1. The fourth-order valence-electron chi connectivity index (χ4n) is 6.15. The number of ether oxygens (including phenoxy) is 3. The number of hydrogen-bond donors (Lipinski definition) is 4. The van der Waals surface area contributed by atoms with Crippen LogP contribution in [0.25, 0.3) is 0 Å². The van der Waals surface area contributed by atoms with Gasteiger partial charge in [-0.2, -0.15) is 37.0 Å². The van der Waals surface area contributed by atoms with E-state index in [4.69, 9.17) is 54.4 Å². The van der Waals surface area contributed by atoms with Crippen molar-refractivity contribution in [2.75, 3.05) is 31.4 Å².